The van der Waals surface area contributed by atoms with Gasteiger partial charge in [-0.15, -0.1) is 10.2 Å². The van der Waals surface area contributed by atoms with E-state index in [1.54, 1.807) is 19.1 Å². The largest absolute Gasteiger partial charge is 0.504 e. The minimum Gasteiger partial charge on any atom is -0.504 e. The predicted octanol–water partition coefficient (Wildman–Crippen LogP) is 5.11. The lowest BCUT2D eigenvalue weighted by molar-refractivity contribution is -0.118. The van der Waals surface area contributed by atoms with Gasteiger partial charge in [-0.2, -0.15) is 5.10 Å². The highest BCUT2D eigenvalue weighted by Crippen LogP contribution is 2.35. The molecular formula is C26H31N5O3S. The number of nitrogens with zero attached hydrogens (tertiary/aromatic N) is 4. The van der Waals surface area contributed by atoms with Gasteiger partial charge in [0.25, 0.3) is 5.91 Å². The van der Waals surface area contributed by atoms with Crippen LogP contribution in [-0.4, -0.2) is 44.4 Å². The average Bonchev–Trinajstić information content (AvgIpc) is 3.31. The summed E-state index contributed by atoms with van der Waals surface area (Å²) in [5.41, 5.74) is 6.20. The zero-order chi connectivity index (χ0) is 24.8. The van der Waals surface area contributed by atoms with Gasteiger partial charge < -0.3 is 9.84 Å². The van der Waals surface area contributed by atoms with E-state index >= 15 is 0 Å². The van der Waals surface area contributed by atoms with Gasteiger partial charge in [0.05, 0.1) is 18.6 Å². The maximum absolute atomic E-state index is 12.6. The molecule has 9 heteroatoms. The van der Waals surface area contributed by atoms with E-state index in [0.29, 0.717) is 17.5 Å². The van der Waals surface area contributed by atoms with Crippen LogP contribution in [0.2, 0.25) is 0 Å². The van der Waals surface area contributed by atoms with Crippen LogP contribution in [-0.2, 0) is 4.79 Å². The van der Waals surface area contributed by atoms with Gasteiger partial charge >= 0.3 is 0 Å². The topological polar surface area (TPSA) is 102 Å². The molecule has 0 aliphatic heterocycles. The van der Waals surface area contributed by atoms with E-state index in [4.69, 9.17) is 4.74 Å². The van der Waals surface area contributed by atoms with E-state index in [9.17, 15) is 9.90 Å². The summed E-state index contributed by atoms with van der Waals surface area (Å²) in [6, 6.07) is 13.6. The molecule has 2 aromatic carbocycles. The summed E-state index contributed by atoms with van der Waals surface area (Å²) in [5, 5.41) is 23.7. The van der Waals surface area contributed by atoms with E-state index in [1.165, 1.54) is 49.8 Å². The first-order valence-electron chi connectivity index (χ1n) is 11.8. The Labute approximate surface area is 209 Å². The fraction of sp³-hybridized carbons (Fsp3) is 0.385. The molecule has 4 rings (SSSR count). The first kappa shape index (κ1) is 24.8. The van der Waals surface area contributed by atoms with Crippen LogP contribution in [0.3, 0.4) is 0 Å². The van der Waals surface area contributed by atoms with Crippen molar-refractivity contribution in [3.8, 4) is 22.9 Å². The second-order valence-electron chi connectivity index (χ2n) is 8.74. The van der Waals surface area contributed by atoms with Gasteiger partial charge in [0.2, 0.25) is 0 Å². The zero-order valence-corrected chi connectivity index (χ0v) is 21.1. The minimum atomic E-state index is -0.227. The van der Waals surface area contributed by atoms with E-state index in [-0.39, 0.29) is 17.4 Å². The van der Waals surface area contributed by atoms with E-state index < -0.39 is 0 Å². The molecule has 1 saturated carbocycles. The van der Waals surface area contributed by atoms with Crippen LogP contribution < -0.4 is 10.2 Å². The molecular weight excluding hydrogens is 462 g/mol. The molecule has 1 heterocycles. The number of carbonyl (C=O) groups excluding carboxylic acids is 1. The highest BCUT2D eigenvalue weighted by molar-refractivity contribution is 7.99. The van der Waals surface area contributed by atoms with Gasteiger partial charge in [0, 0.05) is 17.2 Å². The highest BCUT2D eigenvalue weighted by Gasteiger charge is 2.24. The first-order valence-corrected chi connectivity index (χ1v) is 12.8. The number of phenolic OH excluding ortho intramolecular Hbond substituents is 1. The first-order chi connectivity index (χ1) is 17.0. The maximum Gasteiger partial charge on any atom is 0.250 e. The summed E-state index contributed by atoms with van der Waals surface area (Å²) in [6.07, 6.45) is 5.83. The van der Waals surface area contributed by atoms with Crippen LogP contribution in [0.25, 0.3) is 11.4 Å². The molecule has 0 saturated heterocycles. The Kier molecular flexibility index (Phi) is 8.07. The number of hydrogen-bond donors (Lipinski definition) is 2. The van der Waals surface area contributed by atoms with Crippen LogP contribution in [0.5, 0.6) is 11.5 Å². The molecule has 35 heavy (non-hydrogen) atoms. The molecule has 8 nitrogen and oxygen atoms in total. The molecule has 0 atom stereocenters. The number of amides is 1. The number of aryl methyl sites for hydroxylation is 1. The molecule has 1 fully saturated rings. The van der Waals surface area contributed by atoms with Crippen molar-refractivity contribution in [1.29, 1.82) is 0 Å². The van der Waals surface area contributed by atoms with Crippen molar-refractivity contribution in [2.45, 2.75) is 57.1 Å². The fourth-order valence-electron chi connectivity index (χ4n) is 4.22. The Morgan fingerprint density at radius 1 is 1.17 bits per heavy atom. The Morgan fingerprint density at radius 2 is 1.91 bits per heavy atom. The maximum atomic E-state index is 12.6. The Hall–Kier alpha value is -3.33. The average molecular weight is 494 g/mol. The number of hydrogen-bond acceptors (Lipinski definition) is 7. The molecule has 0 spiro atoms. The van der Waals surface area contributed by atoms with Crippen LogP contribution in [0.1, 0.15) is 56.2 Å². The molecule has 1 amide bonds. The number of rotatable bonds is 8. The number of benzene rings is 2. The van der Waals surface area contributed by atoms with Crippen LogP contribution in [0.15, 0.2) is 52.7 Å². The third kappa shape index (κ3) is 6.03. The van der Waals surface area contributed by atoms with Crippen molar-refractivity contribution in [3.63, 3.8) is 0 Å². The zero-order valence-electron chi connectivity index (χ0n) is 20.3. The number of phenols is 1. The molecule has 1 aliphatic carbocycles. The lowest BCUT2D eigenvalue weighted by Crippen LogP contribution is -2.22. The number of aromatic nitrogens is 3. The van der Waals surface area contributed by atoms with Crippen molar-refractivity contribution >= 4 is 23.4 Å². The van der Waals surface area contributed by atoms with Gasteiger partial charge in [0.1, 0.15) is 0 Å². The molecule has 184 valence electrons. The highest BCUT2D eigenvalue weighted by atomic mass is 32.2. The minimum absolute atomic E-state index is 0.0524. The summed E-state index contributed by atoms with van der Waals surface area (Å²) in [7, 11) is 1.49. The molecule has 3 aromatic rings. The van der Waals surface area contributed by atoms with E-state index in [0.717, 1.165) is 34.9 Å². The molecule has 0 unspecified atom stereocenters. The van der Waals surface area contributed by atoms with E-state index in [2.05, 4.69) is 56.5 Å². The van der Waals surface area contributed by atoms with Gasteiger partial charge in [-0.3, -0.25) is 9.36 Å². The lowest BCUT2D eigenvalue weighted by Gasteiger charge is -2.25. The van der Waals surface area contributed by atoms with Gasteiger partial charge in [-0.1, -0.05) is 60.9 Å². The summed E-state index contributed by atoms with van der Waals surface area (Å²) >= 11 is 1.38. The van der Waals surface area contributed by atoms with Crippen LogP contribution in [0, 0.1) is 6.92 Å². The SMILES string of the molecule is COc1cc(C(C)=NNC(=O)CSc2nnc(-c3ccc(C)cc3)n2C2CCCCC2)ccc1O. The normalized spacial score (nSPS) is 14.7. The fourth-order valence-corrected chi connectivity index (χ4v) is 5.02. The van der Waals surface area contributed by atoms with Crippen LogP contribution >= 0.6 is 11.8 Å². The Morgan fingerprint density at radius 3 is 2.63 bits per heavy atom. The monoisotopic (exact) mass is 493 g/mol. The third-order valence-electron chi connectivity index (χ3n) is 6.19. The predicted molar refractivity (Wildman–Crippen MR) is 138 cm³/mol. The Balaban J connectivity index is 1.46. The summed E-state index contributed by atoms with van der Waals surface area (Å²) in [5.74, 6) is 1.21. The van der Waals surface area contributed by atoms with Crippen LogP contribution in [0.4, 0.5) is 0 Å². The Bertz CT molecular complexity index is 1200. The second kappa shape index (κ2) is 11.4. The number of ether oxygens (including phenoxy) is 1. The summed E-state index contributed by atoms with van der Waals surface area (Å²) < 4.78 is 7.36. The number of nitrogens with one attached hydrogen (secondary N) is 1. The second-order valence-corrected chi connectivity index (χ2v) is 9.68. The number of aromatic hydroxyl groups is 1. The van der Waals surface area contributed by atoms with Gasteiger partial charge in [-0.05, 0) is 44.9 Å². The molecule has 1 aromatic heterocycles. The smallest absolute Gasteiger partial charge is 0.250 e. The molecule has 2 N–H and O–H groups in total. The van der Waals surface area contributed by atoms with Crippen molar-refractivity contribution in [1.82, 2.24) is 20.2 Å². The van der Waals surface area contributed by atoms with Crippen molar-refractivity contribution in [2.75, 3.05) is 12.9 Å². The number of methoxy groups -OCH3 is 1. The van der Waals surface area contributed by atoms with Crippen molar-refractivity contribution < 1.29 is 14.6 Å². The summed E-state index contributed by atoms with van der Waals surface area (Å²) in [6.45, 7) is 3.85. The number of carbonyl (C=O) groups is 1. The molecule has 0 bridgehead atoms. The lowest BCUT2D eigenvalue weighted by atomic mass is 9.95. The number of hydrazone groups is 1. The standard InChI is InChI=1S/C26H31N5O3S/c1-17-9-11-19(12-10-17)25-29-30-26(31(25)21-7-5-4-6-8-21)35-16-24(33)28-27-18(2)20-13-14-22(32)23(15-20)34-3/h9-15,21,32H,4-8,16H2,1-3H3,(H,28,33). The molecule has 1 aliphatic rings. The van der Waals surface area contributed by atoms with Gasteiger partial charge in [0.15, 0.2) is 22.5 Å². The number of thioether (sulfide) groups is 1. The molecule has 0 radical (unpaired) electrons. The van der Waals surface area contributed by atoms with Gasteiger partial charge in [-0.25, -0.2) is 5.43 Å². The quantitative estimate of drug-likeness (QED) is 0.257. The van der Waals surface area contributed by atoms with E-state index in [1.807, 2.05) is 0 Å². The summed E-state index contributed by atoms with van der Waals surface area (Å²) in [4.78, 5) is 12.6. The van der Waals surface area contributed by atoms with Crippen molar-refractivity contribution in [2.24, 2.45) is 5.10 Å². The van der Waals surface area contributed by atoms with Crippen molar-refractivity contribution in [3.05, 3.63) is 53.6 Å². The third-order valence-corrected chi connectivity index (χ3v) is 7.14.